The number of benzene rings is 2. The number of aryl methyl sites for hydroxylation is 1. The molecule has 0 unspecified atom stereocenters. The van der Waals surface area contributed by atoms with Crippen LogP contribution in [0.5, 0.6) is 0 Å². The highest BCUT2D eigenvalue weighted by Gasteiger charge is 2.24. The SMILES string of the molecule is COC(=O)c1ccccc1N=C1NC(=O)/C(=C/c2ccc(C)cc2)S1. The first-order chi connectivity index (χ1) is 12.1. The summed E-state index contributed by atoms with van der Waals surface area (Å²) in [6.07, 6.45) is 1.81. The molecule has 126 valence electrons. The van der Waals surface area contributed by atoms with E-state index < -0.39 is 5.97 Å². The molecular formula is C19H16N2O3S. The summed E-state index contributed by atoms with van der Waals surface area (Å²) in [5, 5.41) is 3.15. The molecule has 0 radical (unpaired) electrons. The molecule has 0 saturated carbocycles. The van der Waals surface area contributed by atoms with Gasteiger partial charge in [-0.05, 0) is 42.5 Å². The molecule has 1 heterocycles. The van der Waals surface area contributed by atoms with Gasteiger partial charge in [0.15, 0.2) is 5.17 Å². The highest BCUT2D eigenvalue weighted by atomic mass is 32.2. The third kappa shape index (κ3) is 3.97. The molecule has 1 aliphatic heterocycles. The average molecular weight is 352 g/mol. The monoisotopic (exact) mass is 352 g/mol. The van der Waals surface area contributed by atoms with Crippen molar-refractivity contribution in [1.82, 2.24) is 5.32 Å². The summed E-state index contributed by atoms with van der Waals surface area (Å²) in [5.41, 5.74) is 2.91. The molecule has 0 bridgehead atoms. The summed E-state index contributed by atoms with van der Waals surface area (Å²) >= 11 is 1.24. The number of para-hydroxylation sites is 1. The van der Waals surface area contributed by atoms with E-state index in [1.54, 1.807) is 24.3 Å². The zero-order valence-electron chi connectivity index (χ0n) is 13.8. The number of thioether (sulfide) groups is 1. The number of nitrogens with one attached hydrogen (secondary N) is 1. The van der Waals surface area contributed by atoms with Crippen LogP contribution >= 0.6 is 11.8 Å². The second kappa shape index (κ2) is 7.36. The van der Waals surface area contributed by atoms with Crippen LogP contribution in [0.4, 0.5) is 5.69 Å². The minimum atomic E-state index is -0.468. The van der Waals surface area contributed by atoms with Crippen LogP contribution in [0.15, 0.2) is 58.4 Å². The molecule has 0 atom stereocenters. The molecule has 1 fully saturated rings. The Labute approximate surface area is 149 Å². The van der Waals surface area contributed by atoms with Crippen molar-refractivity contribution in [2.75, 3.05) is 7.11 Å². The maximum Gasteiger partial charge on any atom is 0.340 e. The van der Waals surface area contributed by atoms with Gasteiger partial charge in [0, 0.05) is 0 Å². The molecule has 0 aliphatic carbocycles. The molecule has 1 saturated heterocycles. The van der Waals surface area contributed by atoms with E-state index >= 15 is 0 Å². The lowest BCUT2D eigenvalue weighted by molar-refractivity contribution is -0.115. The Morgan fingerprint density at radius 3 is 2.60 bits per heavy atom. The van der Waals surface area contributed by atoms with Crippen LogP contribution in [0.2, 0.25) is 0 Å². The molecule has 6 heteroatoms. The number of ether oxygens (including phenoxy) is 1. The fourth-order valence-corrected chi connectivity index (χ4v) is 3.09. The minimum absolute atomic E-state index is 0.208. The Kier molecular flexibility index (Phi) is 5.00. The van der Waals surface area contributed by atoms with Gasteiger partial charge in [0.1, 0.15) is 0 Å². The van der Waals surface area contributed by atoms with Gasteiger partial charge in [0.2, 0.25) is 0 Å². The Bertz CT molecular complexity index is 886. The predicted octanol–water partition coefficient (Wildman–Crippen LogP) is 3.67. The summed E-state index contributed by atoms with van der Waals surface area (Å²) in [7, 11) is 1.32. The number of amides is 1. The van der Waals surface area contributed by atoms with Gasteiger partial charge in [-0.2, -0.15) is 0 Å². The Balaban J connectivity index is 1.87. The number of hydrogen-bond donors (Lipinski definition) is 1. The van der Waals surface area contributed by atoms with Crippen molar-refractivity contribution in [3.63, 3.8) is 0 Å². The van der Waals surface area contributed by atoms with E-state index in [0.29, 0.717) is 21.3 Å². The maximum atomic E-state index is 12.1. The molecule has 5 nitrogen and oxygen atoms in total. The summed E-state index contributed by atoms with van der Waals surface area (Å²) in [5.74, 6) is -0.676. The van der Waals surface area contributed by atoms with Gasteiger partial charge in [0.25, 0.3) is 5.91 Å². The van der Waals surface area contributed by atoms with Crippen LogP contribution in [-0.2, 0) is 9.53 Å². The van der Waals surface area contributed by atoms with Gasteiger partial charge >= 0.3 is 5.97 Å². The number of nitrogens with zero attached hydrogens (tertiary/aromatic N) is 1. The molecule has 1 aliphatic rings. The normalized spacial score (nSPS) is 17.0. The lowest BCUT2D eigenvalue weighted by atomic mass is 10.1. The topological polar surface area (TPSA) is 67.8 Å². The van der Waals surface area contributed by atoms with E-state index in [4.69, 9.17) is 4.74 Å². The van der Waals surface area contributed by atoms with Gasteiger partial charge in [0.05, 0.1) is 23.3 Å². The number of hydrogen-bond acceptors (Lipinski definition) is 5. The second-order valence-electron chi connectivity index (χ2n) is 5.40. The number of carbonyl (C=O) groups is 2. The summed E-state index contributed by atoms with van der Waals surface area (Å²) in [4.78, 5) is 28.9. The Hall–Kier alpha value is -2.86. The fraction of sp³-hybridized carbons (Fsp3) is 0.105. The van der Waals surface area contributed by atoms with Crippen LogP contribution in [-0.4, -0.2) is 24.2 Å². The van der Waals surface area contributed by atoms with Crippen molar-refractivity contribution in [3.05, 3.63) is 70.1 Å². The van der Waals surface area contributed by atoms with Crippen LogP contribution in [0.1, 0.15) is 21.5 Å². The Morgan fingerprint density at radius 2 is 1.88 bits per heavy atom. The van der Waals surface area contributed by atoms with Crippen molar-refractivity contribution in [2.24, 2.45) is 4.99 Å². The third-order valence-corrected chi connectivity index (χ3v) is 4.47. The zero-order valence-corrected chi connectivity index (χ0v) is 14.6. The third-order valence-electron chi connectivity index (χ3n) is 3.56. The van der Waals surface area contributed by atoms with Gasteiger partial charge in [-0.15, -0.1) is 0 Å². The number of carbonyl (C=O) groups excluding carboxylic acids is 2. The first kappa shape index (κ1) is 17.0. The molecule has 1 amide bonds. The number of rotatable bonds is 3. The average Bonchev–Trinajstić information content (AvgIpc) is 2.96. The van der Waals surface area contributed by atoms with E-state index in [1.807, 2.05) is 37.3 Å². The first-order valence-corrected chi connectivity index (χ1v) is 8.42. The number of esters is 1. The lowest BCUT2D eigenvalue weighted by Crippen LogP contribution is -2.19. The first-order valence-electron chi connectivity index (χ1n) is 7.60. The smallest absolute Gasteiger partial charge is 0.340 e. The molecule has 1 N–H and O–H groups in total. The van der Waals surface area contributed by atoms with Crippen molar-refractivity contribution in [3.8, 4) is 0 Å². The van der Waals surface area contributed by atoms with Gasteiger partial charge in [-0.25, -0.2) is 9.79 Å². The van der Waals surface area contributed by atoms with Gasteiger partial charge < -0.3 is 10.1 Å². The largest absolute Gasteiger partial charge is 0.465 e. The molecule has 2 aromatic carbocycles. The van der Waals surface area contributed by atoms with E-state index in [9.17, 15) is 9.59 Å². The molecule has 25 heavy (non-hydrogen) atoms. The molecule has 2 aromatic rings. The second-order valence-corrected chi connectivity index (χ2v) is 6.43. The van der Waals surface area contributed by atoms with Crippen molar-refractivity contribution >= 4 is 40.6 Å². The van der Waals surface area contributed by atoms with Crippen LogP contribution < -0.4 is 5.32 Å². The lowest BCUT2D eigenvalue weighted by Gasteiger charge is -2.03. The van der Waals surface area contributed by atoms with Crippen molar-refractivity contribution < 1.29 is 14.3 Å². The Morgan fingerprint density at radius 1 is 1.16 bits per heavy atom. The molecule has 3 rings (SSSR count). The maximum absolute atomic E-state index is 12.1. The summed E-state index contributed by atoms with van der Waals surface area (Å²) < 4.78 is 4.76. The summed E-state index contributed by atoms with van der Waals surface area (Å²) in [6, 6.07) is 14.7. The zero-order chi connectivity index (χ0) is 17.8. The number of amidine groups is 1. The molecular weight excluding hydrogens is 336 g/mol. The number of methoxy groups -OCH3 is 1. The van der Waals surface area contributed by atoms with Crippen LogP contribution in [0.25, 0.3) is 6.08 Å². The molecule has 0 aromatic heterocycles. The molecule has 0 spiro atoms. The van der Waals surface area contributed by atoms with Gasteiger partial charge in [-0.3, -0.25) is 4.79 Å². The fourth-order valence-electron chi connectivity index (χ4n) is 2.26. The van der Waals surface area contributed by atoms with Crippen LogP contribution in [0, 0.1) is 6.92 Å². The van der Waals surface area contributed by atoms with Crippen molar-refractivity contribution in [1.29, 1.82) is 0 Å². The van der Waals surface area contributed by atoms with Crippen molar-refractivity contribution in [2.45, 2.75) is 6.92 Å². The highest BCUT2D eigenvalue weighted by Crippen LogP contribution is 2.29. The predicted molar refractivity (Wildman–Crippen MR) is 99.8 cm³/mol. The van der Waals surface area contributed by atoms with E-state index in [1.165, 1.54) is 18.9 Å². The summed E-state index contributed by atoms with van der Waals surface area (Å²) in [6.45, 7) is 2.01. The minimum Gasteiger partial charge on any atom is -0.465 e. The van der Waals surface area contributed by atoms with Gasteiger partial charge in [-0.1, -0.05) is 42.0 Å². The van der Waals surface area contributed by atoms with E-state index in [-0.39, 0.29) is 5.91 Å². The highest BCUT2D eigenvalue weighted by molar-refractivity contribution is 8.18. The quantitative estimate of drug-likeness (QED) is 0.676. The number of aliphatic imine (C=N–C) groups is 1. The van der Waals surface area contributed by atoms with E-state index in [0.717, 1.165) is 11.1 Å². The van der Waals surface area contributed by atoms with Crippen LogP contribution in [0.3, 0.4) is 0 Å². The van der Waals surface area contributed by atoms with E-state index in [2.05, 4.69) is 10.3 Å². The standard InChI is InChI=1S/C19H16N2O3S/c1-12-7-9-13(10-8-12)11-16-17(22)21-19(25-16)20-15-6-4-3-5-14(15)18(23)24-2/h3-11H,1-2H3,(H,20,21,22)/b16-11-.